The summed E-state index contributed by atoms with van der Waals surface area (Å²) in [6, 6.07) is 5.16. The summed E-state index contributed by atoms with van der Waals surface area (Å²) in [5.74, 6) is 5.43. The maximum atomic E-state index is 12.4. The Bertz CT molecular complexity index is 566. The van der Waals surface area contributed by atoms with Crippen molar-refractivity contribution in [2.75, 3.05) is 11.9 Å². The summed E-state index contributed by atoms with van der Waals surface area (Å²) < 4.78 is 0. The van der Waals surface area contributed by atoms with E-state index in [1.807, 2.05) is 6.92 Å². The van der Waals surface area contributed by atoms with E-state index in [-0.39, 0.29) is 17.9 Å². The Morgan fingerprint density at radius 3 is 2.80 bits per heavy atom. The van der Waals surface area contributed by atoms with Gasteiger partial charge in [0, 0.05) is 16.0 Å². The van der Waals surface area contributed by atoms with Gasteiger partial charge >= 0.3 is 0 Å². The minimum atomic E-state index is -0.302. The van der Waals surface area contributed by atoms with Crippen molar-refractivity contribution in [3.63, 3.8) is 0 Å². The number of carbonyl (C=O) groups excluding carboxylic acids is 1. The highest BCUT2D eigenvalue weighted by atomic mass is 35.5. The quantitative estimate of drug-likeness (QED) is 0.822. The number of aliphatic hydroxyl groups excluding tert-OH is 1. The Morgan fingerprint density at radius 1 is 1.45 bits per heavy atom. The molecule has 1 aromatic rings. The first kappa shape index (κ1) is 14.9. The topological polar surface area (TPSA) is 49.3 Å². The number of amides is 1. The molecule has 0 saturated heterocycles. The van der Waals surface area contributed by atoms with Crippen LogP contribution in [0.1, 0.15) is 38.2 Å². The Balaban J connectivity index is 2.23. The van der Waals surface area contributed by atoms with E-state index in [1.165, 1.54) is 0 Å². The van der Waals surface area contributed by atoms with Crippen LogP contribution in [0.15, 0.2) is 18.2 Å². The molecule has 4 heteroatoms. The second kappa shape index (κ2) is 6.30. The fraction of sp³-hybridized carbons (Fsp3) is 0.438. The van der Waals surface area contributed by atoms with E-state index in [2.05, 4.69) is 17.2 Å². The van der Waals surface area contributed by atoms with E-state index in [0.717, 1.165) is 25.7 Å². The molecule has 0 aromatic heterocycles. The molecule has 1 amide bonds. The molecular weight excluding hydrogens is 274 g/mol. The highest BCUT2D eigenvalue weighted by Crippen LogP contribution is 2.38. The molecule has 1 saturated carbocycles. The average Bonchev–Trinajstić information content (AvgIpc) is 2.86. The van der Waals surface area contributed by atoms with Crippen molar-refractivity contribution in [1.82, 2.24) is 0 Å². The maximum Gasteiger partial charge on any atom is 0.230 e. The summed E-state index contributed by atoms with van der Waals surface area (Å²) in [6.07, 6.45) is 4.02. The number of hydrogen-bond donors (Lipinski definition) is 2. The van der Waals surface area contributed by atoms with Crippen molar-refractivity contribution < 1.29 is 9.90 Å². The molecular formula is C16H18ClNO2. The van der Waals surface area contributed by atoms with Gasteiger partial charge in [-0.3, -0.25) is 4.79 Å². The zero-order valence-corrected chi connectivity index (χ0v) is 12.3. The summed E-state index contributed by atoms with van der Waals surface area (Å²) in [4.78, 5) is 12.4. The van der Waals surface area contributed by atoms with Crippen molar-refractivity contribution in [1.29, 1.82) is 0 Å². The lowest BCUT2D eigenvalue weighted by Gasteiger charge is -2.22. The van der Waals surface area contributed by atoms with Crippen molar-refractivity contribution in [2.24, 2.45) is 5.41 Å². The highest BCUT2D eigenvalue weighted by molar-refractivity contribution is 6.31. The van der Waals surface area contributed by atoms with Crippen LogP contribution in [0.2, 0.25) is 5.02 Å². The van der Waals surface area contributed by atoms with Gasteiger partial charge in [0.1, 0.15) is 6.61 Å². The minimum absolute atomic E-state index is 0.0179. The van der Waals surface area contributed by atoms with E-state index >= 15 is 0 Å². The number of benzene rings is 1. The Kier molecular flexibility index (Phi) is 4.69. The van der Waals surface area contributed by atoms with E-state index in [4.69, 9.17) is 16.7 Å². The Morgan fingerprint density at radius 2 is 2.15 bits per heavy atom. The molecule has 0 unspecified atom stereocenters. The van der Waals surface area contributed by atoms with Crippen LogP contribution >= 0.6 is 11.6 Å². The third-order valence-corrected chi connectivity index (χ3v) is 4.02. The number of nitrogens with one attached hydrogen (secondary N) is 1. The normalized spacial score (nSPS) is 16.4. The monoisotopic (exact) mass is 291 g/mol. The SMILES string of the molecule is CC1(C(=O)Nc2cc(Cl)ccc2C#CCO)CCCC1. The Hall–Kier alpha value is -1.50. The second-order valence-electron chi connectivity index (χ2n) is 5.37. The van der Waals surface area contributed by atoms with Crippen LogP contribution in [0.3, 0.4) is 0 Å². The van der Waals surface area contributed by atoms with Gasteiger partial charge in [-0.1, -0.05) is 43.2 Å². The van der Waals surface area contributed by atoms with Gasteiger partial charge < -0.3 is 10.4 Å². The molecule has 0 spiro atoms. The predicted molar refractivity (Wildman–Crippen MR) is 80.6 cm³/mol. The molecule has 2 N–H and O–H groups in total. The van der Waals surface area contributed by atoms with E-state index in [9.17, 15) is 4.79 Å². The number of rotatable bonds is 2. The lowest BCUT2D eigenvalue weighted by atomic mass is 9.87. The first-order chi connectivity index (χ1) is 9.55. The molecule has 0 radical (unpaired) electrons. The maximum absolute atomic E-state index is 12.4. The largest absolute Gasteiger partial charge is 0.384 e. The van der Waals surface area contributed by atoms with Gasteiger partial charge in [-0.05, 0) is 31.0 Å². The van der Waals surface area contributed by atoms with E-state index < -0.39 is 0 Å². The zero-order chi connectivity index (χ0) is 14.6. The fourth-order valence-electron chi connectivity index (χ4n) is 2.52. The molecule has 1 aromatic carbocycles. The molecule has 2 rings (SSSR count). The first-order valence-corrected chi connectivity index (χ1v) is 7.14. The molecule has 0 bridgehead atoms. The number of anilines is 1. The smallest absolute Gasteiger partial charge is 0.230 e. The summed E-state index contributed by atoms with van der Waals surface area (Å²) in [5.41, 5.74) is 0.972. The number of aliphatic hydroxyl groups is 1. The molecule has 106 valence electrons. The third-order valence-electron chi connectivity index (χ3n) is 3.79. The number of carbonyl (C=O) groups is 1. The van der Waals surface area contributed by atoms with Crippen LogP contribution in [-0.2, 0) is 4.79 Å². The molecule has 0 aliphatic heterocycles. The molecule has 0 heterocycles. The van der Waals surface area contributed by atoms with Gasteiger partial charge in [-0.15, -0.1) is 0 Å². The molecule has 1 fully saturated rings. The van der Waals surface area contributed by atoms with E-state index in [0.29, 0.717) is 16.3 Å². The minimum Gasteiger partial charge on any atom is -0.384 e. The van der Waals surface area contributed by atoms with Crippen LogP contribution in [0.4, 0.5) is 5.69 Å². The van der Waals surface area contributed by atoms with Gasteiger partial charge in [0.2, 0.25) is 5.91 Å². The standard InChI is InChI=1S/C16H18ClNO2/c1-16(8-2-3-9-16)15(20)18-14-11-13(17)7-6-12(14)5-4-10-19/h6-7,11,19H,2-3,8-10H2,1H3,(H,18,20). The van der Waals surface area contributed by atoms with Crippen molar-refractivity contribution in [2.45, 2.75) is 32.6 Å². The molecule has 3 nitrogen and oxygen atoms in total. The van der Waals surface area contributed by atoms with Crippen LogP contribution in [0.25, 0.3) is 0 Å². The number of hydrogen-bond acceptors (Lipinski definition) is 2. The highest BCUT2D eigenvalue weighted by Gasteiger charge is 2.36. The van der Waals surface area contributed by atoms with Crippen molar-refractivity contribution in [3.8, 4) is 11.8 Å². The second-order valence-corrected chi connectivity index (χ2v) is 5.81. The molecule has 20 heavy (non-hydrogen) atoms. The van der Waals surface area contributed by atoms with Gasteiger partial charge in [0.05, 0.1) is 5.69 Å². The summed E-state index contributed by atoms with van der Waals surface area (Å²) in [7, 11) is 0. The molecule has 1 aliphatic rings. The first-order valence-electron chi connectivity index (χ1n) is 6.76. The van der Waals surface area contributed by atoms with Gasteiger partial charge in [-0.2, -0.15) is 0 Å². The van der Waals surface area contributed by atoms with Crippen LogP contribution < -0.4 is 5.32 Å². The molecule has 0 atom stereocenters. The van der Waals surface area contributed by atoms with Crippen molar-refractivity contribution >= 4 is 23.2 Å². The lowest BCUT2D eigenvalue weighted by molar-refractivity contribution is -0.124. The predicted octanol–water partition coefficient (Wildman–Crippen LogP) is 3.20. The van der Waals surface area contributed by atoms with Crippen molar-refractivity contribution in [3.05, 3.63) is 28.8 Å². The zero-order valence-electron chi connectivity index (χ0n) is 11.5. The summed E-state index contributed by atoms with van der Waals surface area (Å²) in [5, 5.41) is 12.3. The third kappa shape index (κ3) is 3.33. The molecule has 1 aliphatic carbocycles. The van der Waals surface area contributed by atoms with Crippen LogP contribution in [0, 0.1) is 17.3 Å². The summed E-state index contributed by atoms with van der Waals surface area (Å²) >= 11 is 5.98. The van der Waals surface area contributed by atoms with Crippen LogP contribution in [0.5, 0.6) is 0 Å². The van der Waals surface area contributed by atoms with Gasteiger partial charge in [-0.25, -0.2) is 0 Å². The lowest BCUT2D eigenvalue weighted by Crippen LogP contribution is -2.31. The Labute approximate surface area is 124 Å². The summed E-state index contributed by atoms with van der Waals surface area (Å²) in [6.45, 7) is 1.78. The van der Waals surface area contributed by atoms with Gasteiger partial charge in [0.15, 0.2) is 0 Å². The van der Waals surface area contributed by atoms with E-state index in [1.54, 1.807) is 18.2 Å². The fourth-order valence-corrected chi connectivity index (χ4v) is 2.69. The number of halogens is 1. The van der Waals surface area contributed by atoms with Crippen LogP contribution in [-0.4, -0.2) is 17.6 Å². The average molecular weight is 292 g/mol. The van der Waals surface area contributed by atoms with Gasteiger partial charge in [0.25, 0.3) is 0 Å².